The van der Waals surface area contributed by atoms with Crippen LogP contribution < -0.4 is 10.5 Å². The highest BCUT2D eigenvalue weighted by molar-refractivity contribution is 7.92. The first kappa shape index (κ1) is 15.8. The van der Waals surface area contributed by atoms with Gasteiger partial charge >= 0.3 is 0 Å². The molecule has 1 aromatic heterocycles. The summed E-state index contributed by atoms with van der Waals surface area (Å²) in [5.41, 5.74) is 7.17. The first-order valence-corrected chi connectivity index (χ1v) is 8.02. The van der Waals surface area contributed by atoms with Gasteiger partial charge in [-0.25, -0.2) is 23.1 Å². The van der Waals surface area contributed by atoms with E-state index < -0.39 is 10.0 Å². The van der Waals surface area contributed by atoms with Crippen molar-refractivity contribution in [1.29, 1.82) is 0 Å². The number of rotatable bonds is 3. The van der Waals surface area contributed by atoms with Gasteiger partial charge in [0.15, 0.2) is 0 Å². The van der Waals surface area contributed by atoms with Crippen molar-refractivity contribution in [2.75, 3.05) is 10.5 Å². The molecule has 112 valence electrons. The van der Waals surface area contributed by atoms with Gasteiger partial charge in [0.2, 0.25) is 5.95 Å². The molecule has 0 atom stereocenters. The van der Waals surface area contributed by atoms with E-state index in [1.165, 1.54) is 18.2 Å². The second kappa shape index (κ2) is 5.67. The van der Waals surface area contributed by atoms with Gasteiger partial charge in [-0.2, -0.15) is 0 Å². The van der Waals surface area contributed by atoms with Crippen LogP contribution in [0.2, 0.25) is 10.2 Å². The molecule has 0 amide bonds. The topological polar surface area (TPSA) is 98.0 Å². The van der Waals surface area contributed by atoms with Crippen LogP contribution >= 0.6 is 23.2 Å². The number of anilines is 2. The minimum Gasteiger partial charge on any atom is -0.398 e. The quantitative estimate of drug-likeness (QED) is 0.657. The van der Waals surface area contributed by atoms with Crippen molar-refractivity contribution in [2.24, 2.45) is 0 Å². The minimum atomic E-state index is -3.91. The number of hydrogen-bond acceptors (Lipinski definition) is 5. The third kappa shape index (κ3) is 3.55. The normalized spacial score (nSPS) is 11.4. The fourth-order valence-corrected chi connectivity index (χ4v) is 3.12. The molecule has 1 heterocycles. The molecular formula is C12H12Cl2N4O2S. The van der Waals surface area contributed by atoms with E-state index in [-0.39, 0.29) is 26.7 Å². The average Bonchev–Trinajstić information content (AvgIpc) is 2.33. The van der Waals surface area contributed by atoms with Crippen molar-refractivity contribution in [3.05, 3.63) is 39.6 Å². The molecule has 0 aliphatic heterocycles. The van der Waals surface area contributed by atoms with Crippen molar-refractivity contribution < 1.29 is 8.42 Å². The number of aryl methyl sites for hydroxylation is 1. The molecule has 3 N–H and O–H groups in total. The number of hydrogen-bond donors (Lipinski definition) is 2. The third-order valence-electron chi connectivity index (χ3n) is 2.72. The van der Waals surface area contributed by atoms with Gasteiger partial charge in [0.25, 0.3) is 10.0 Å². The molecule has 0 saturated carbocycles. The molecule has 2 aromatic rings. The van der Waals surface area contributed by atoms with Crippen molar-refractivity contribution in [3.8, 4) is 0 Å². The Labute approximate surface area is 132 Å². The Kier molecular flexibility index (Phi) is 4.27. The van der Waals surface area contributed by atoms with Crippen LogP contribution in [0.5, 0.6) is 0 Å². The van der Waals surface area contributed by atoms with Crippen molar-refractivity contribution in [2.45, 2.75) is 18.7 Å². The number of sulfonamides is 1. The van der Waals surface area contributed by atoms with E-state index in [4.69, 9.17) is 28.9 Å². The molecule has 9 heteroatoms. The maximum absolute atomic E-state index is 12.3. The maximum atomic E-state index is 12.3. The molecule has 0 radical (unpaired) electrons. The van der Waals surface area contributed by atoms with Gasteiger partial charge in [0, 0.05) is 16.4 Å². The van der Waals surface area contributed by atoms with E-state index in [9.17, 15) is 8.42 Å². The zero-order chi connectivity index (χ0) is 15.8. The first-order valence-electron chi connectivity index (χ1n) is 5.78. The molecule has 0 aliphatic rings. The monoisotopic (exact) mass is 346 g/mol. The van der Waals surface area contributed by atoms with Crippen molar-refractivity contribution >= 4 is 44.9 Å². The van der Waals surface area contributed by atoms with E-state index in [2.05, 4.69) is 14.7 Å². The highest BCUT2D eigenvalue weighted by Gasteiger charge is 2.18. The summed E-state index contributed by atoms with van der Waals surface area (Å²) < 4.78 is 26.8. The van der Waals surface area contributed by atoms with Crippen molar-refractivity contribution in [3.63, 3.8) is 0 Å². The smallest absolute Gasteiger partial charge is 0.264 e. The van der Waals surface area contributed by atoms with E-state index in [1.807, 2.05) is 0 Å². The Morgan fingerprint density at radius 3 is 2.38 bits per heavy atom. The zero-order valence-corrected chi connectivity index (χ0v) is 13.5. The summed E-state index contributed by atoms with van der Waals surface area (Å²) >= 11 is 11.7. The highest BCUT2D eigenvalue weighted by Crippen LogP contribution is 2.26. The van der Waals surface area contributed by atoms with Gasteiger partial charge in [0.1, 0.15) is 5.15 Å². The number of nitrogens with two attached hydrogens (primary N) is 1. The number of nitrogen functional groups attached to an aromatic ring is 1. The second-order valence-electron chi connectivity index (χ2n) is 4.38. The van der Waals surface area contributed by atoms with E-state index in [1.54, 1.807) is 13.8 Å². The number of benzene rings is 1. The van der Waals surface area contributed by atoms with Gasteiger partial charge in [-0.05, 0) is 37.6 Å². The van der Waals surface area contributed by atoms with Crippen LogP contribution in [0.1, 0.15) is 11.3 Å². The second-order valence-corrected chi connectivity index (χ2v) is 6.86. The van der Waals surface area contributed by atoms with Crippen molar-refractivity contribution in [1.82, 2.24) is 9.97 Å². The number of nitrogens with zero attached hydrogens (tertiary/aromatic N) is 2. The Bertz CT molecular complexity index is 766. The SMILES string of the molecule is Cc1cc(Cl)nc(NS(=O)(=O)c2cc(N)c(C)c(Cl)c2)n1. The summed E-state index contributed by atoms with van der Waals surface area (Å²) in [4.78, 5) is 7.69. The predicted octanol–water partition coefficient (Wildman–Crippen LogP) is 2.78. The molecule has 0 spiro atoms. The highest BCUT2D eigenvalue weighted by atomic mass is 35.5. The van der Waals surface area contributed by atoms with Crippen LogP contribution in [0.3, 0.4) is 0 Å². The lowest BCUT2D eigenvalue weighted by atomic mass is 10.2. The van der Waals surface area contributed by atoms with Crippen LogP contribution in [0.15, 0.2) is 23.1 Å². The van der Waals surface area contributed by atoms with Gasteiger partial charge in [0.05, 0.1) is 4.90 Å². The average molecular weight is 347 g/mol. The summed E-state index contributed by atoms with van der Waals surface area (Å²) in [6, 6.07) is 4.15. The Hall–Kier alpha value is -1.57. The number of aromatic nitrogens is 2. The van der Waals surface area contributed by atoms with Crippen LogP contribution in [-0.4, -0.2) is 18.4 Å². The molecule has 0 aliphatic carbocycles. The zero-order valence-electron chi connectivity index (χ0n) is 11.2. The van der Waals surface area contributed by atoms with Crippen LogP contribution in [-0.2, 0) is 10.0 Å². The molecule has 6 nitrogen and oxygen atoms in total. The lowest BCUT2D eigenvalue weighted by Crippen LogP contribution is -2.16. The Morgan fingerprint density at radius 2 is 1.81 bits per heavy atom. The molecule has 1 aromatic carbocycles. The van der Waals surface area contributed by atoms with Crippen LogP contribution in [0.25, 0.3) is 0 Å². The Morgan fingerprint density at radius 1 is 1.14 bits per heavy atom. The number of nitrogens with one attached hydrogen (secondary N) is 1. The fraction of sp³-hybridized carbons (Fsp3) is 0.167. The van der Waals surface area contributed by atoms with Gasteiger partial charge in [-0.3, -0.25) is 0 Å². The molecule has 21 heavy (non-hydrogen) atoms. The minimum absolute atomic E-state index is 0.0724. The van der Waals surface area contributed by atoms with Crippen LogP contribution in [0, 0.1) is 13.8 Å². The van der Waals surface area contributed by atoms with Crippen LogP contribution in [0.4, 0.5) is 11.6 Å². The van der Waals surface area contributed by atoms with E-state index in [0.717, 1.165) is 0 Å². The summed E-state index contributed by atoms with van der Waals surface area (Å²) in [5, 5.41) is 0.403. The lowest BCUT2D eigenvalue weighted by Gasteiger charge is -2.10. The number of halogens is 2. The standard InChI is InChI=1S/C12H12Cl2N4O2S/c1-6-3-11(14)17-12(16-6)18-21(19,20)8-4-9(13)7(2)10(15)5-8/h3-5H,15H2,1-2H3,(H,16,17,18). The predicted molar refractivity (Wildman–Crippen MR) is 83.2 cm³/mol. The van der Waals surface area contributed by atoms with Gasteiger partial charge in [-0.15, -0.1) is 0 Å². The molecule has 0 fully saturated rings. The largest absolute Gasteiger partial charge is 0.398 e. The molecule has 2 rings (SSSR count). The molecule has 0 unspecified atom stereocenters. The maximum Gasteiger partial charge on any atom is 0.264 e. The van der Waals surface area contributed by atoms with E-state index in [0.29, 0.717) is 11.3 Å². The summed E-state index contributed by atoms with van der Waals surface area (Å²) in [7, 11) is -3.91. The van der Waals surface area contributed by atoms with Gasteiger partial charge < -0.3 is 5.73 Å². The molecular weight excluding hydrogens is 335 g/mol. The Balaban J connectivity index is 2.43. The summed E-state index contributed by atoms with van der Waals surface area (Å²) in [5.74, 6) is -0.115. The first-order chi connectivity index (χ1) is 9.69. The van der Waals surface area contributed by atoms with Gasteiger partial charge in [-0.1, -0.05) is 23.2 Å². The summed E-state index contributed by atoms with van der Waals surface area (Å²) in [6.07, 6.45) is 0. The van der Waals surface area contributed by atoms with E-state index >= 15 is 0 Å². The molecule has 0 bridgehead atoms. The fourth-order valence-electron chi connectivity index (χ4n) is 1.58. The third-order valence-corrected chi connectivity index (χ3v) is 4.61. The summed E-state index contributed by atoms with van der Waals surface area (Å²) in [6.45, 7) is 3.37. The molecule has 0 saturated heterocycles. The lowest BCUT2D eigenvalue weighted by molar-refractivity contribution is 0.601.